The summed E-state index contributed by atoms with van der Waals surface area (Å²) in [6, 6.07) is 16.3. The largest absolute Gasteiger partial charge is 0.317 e. The molecule has 94 valence electrons. The van der Waals surface area contributed by atoms with Crippen LogP contribution in [-0.4, -0.2) is 14.8 Å². The number of pyridine rings is 1. The van der Waals surface area contributed by atoms with Gasteiger partial charge >= 0.3 is 0 Å². The molecule has 1 aromatic heterocycles. The maximum Gasteiger partial charge on any atom is 0.258 e. The van der Waals surface area contributed by atoms with Crippen LogP contribution in [0.4, 0.5) is 0 Å². The fourth-order valence-electron chi connectivity index (χ4n) is 2.46. The lowest BCUT2D eigenvalue weighted by Gasteiger charge is -2.10. The fourth-order valence-corrected chi connectivity index (χ4v) is 2.96. The van der Waals surface area contributed by atoms with Crippen molar-refractivity contribution in [1.82, 2.24) is 4.57 Å². The van der Waals surface area contributed by atoms with E-state index in [0.29, 0.717) is 0 Å². The van der Waals surface area contributed by atoms with Crippen LogP contribution in [0.3, 0.4) is 0 Å². The molecule has 2 aromatic carbocycles. The third-order valence-corrected chi connectivity index (χ3v) is 4.04. The Labute approximate surface area is 114 Å². The van der Waals surface area contributed by atoms with Crippen LogP contribution in [0.15, 0.2) is 59.5 Å². The summed E-state index contributed by atoms with van der Waals surface area (Å²) < 4.78 is 1.66. The number of aryl methyl sites for hydroxylation is 1. The van der Waals surface area contributed by atoms with E-state index in [1.807, 2.05) is 37.5 Å². The minimum atomic E-state index is 0.0568. The van der Waals surface area contributed by atoms with Crippen LogP contribution >= 0.6 is 0 Å². The molecule has 0 radical (unpaired) electrons. The molecular formula is C16H15NOSi. The van der Waals surface area contributed by atoms with E-state index in [2.05, 4.69) is 24.3 Å². The van der Waals surface area contributed by atoms with Crippen LogP contribution in [0.5, 0.6) is 0 Å². The second-order valence-corrected chi connectivity index (χ2v) is 6.03. The standard InChI is InChI=1S/C16H15NOSi/c1-17-10-15(11-5-4-6-12(19)9-11)13-7-2-3-8-14(13)16(17)18/h2-10H,1,19H3. The first-order valence-corrected chi connectivity index (χ1v) is 7.32. The van der Waals surface area contributed by atoms with Gasteiger partial charge in [0.1, 0.15) is 0 Å². The first kappa shape index (κ1) is 11.9. The van der Waals surface area contributed by atoms with Crippen molar-refractivity contribution < 1.29 is 0 Å². The van der Waals surface area contributed by atoms with Crippen molar-refractivity contribution in [3.8, 4) is 11.1 Å². The Bertz CT molecular complexity index is 820. The van der Waals surface area contributed by atoms with Gasteiger partial charge in [-0.3, -0.25) is 4.79 Å². The summed E-state index contributed by atoms with van der Waals surface area (Å²) in [5.41, 5.74) is 2.36. The maximum absolute atomic E-state index is 12.1. The highest BCUT2D eigenvalue weighted by Crippen LogP contribution is 2.25. The highest BCUT2D eigenvalue weighted by atomic mass is 28.1. The van der Waals surface area contributed by atoms with Crippen LogP contribution in [0, 0.1) is 0 Å². The van der Waals surface area contributed by atoms with Gasteiger partial charge in [0, 0.05) is 34.4 Å². The van der Waals surface area contributed by atoms with Gasteiger partial charge in [0.15, 0.2) is 0 Å². The smallest absolute Gasteiger partial charge is 0.258 e. The van der Waals surface area contributed by atoms with Crippen LogP contribution in [0.2, 0.25) is 0 Å². The van der Waals surface area contributed by atoms with Crippen LogP contribution in [-0.2, 0) is 7.05 Å². The van der Waals surface area contributed by atoms with Crippen molar-refractivity contribution in [3.05, 3.63) is 65.1 Å². The average Bonchev–Trinajstić information content (AvgIpc) is 2.43. The Morgan fingerprint density at radius 3 is 2.47 bits per heavy atom. The molecule has 0 spiro atoms. The van der Waals surface area contributed by atoms with Gasteiger partial charge in [-0.15, -0.1) is 0 Å². The predicted octanol–water partition coefficient (Wildman–Crippen LogP) is 1.20. The van der Waals surface area contributed by atoms with E-state index < -0.39 is 0 Å². The van der Waals surface area contributed by atoms with Crippen molar-refractivity contribution in [3.63, 3.8) is 0 Å². The number of fused-ring (bicyclic) bond motifs is 1. The van der Waals surface area contributed by atoms with E-state index in [4.69, 9.17) is 0 Å². The Hall–Kier alpha value is -2.13. The lowest BCUT2D eigenvalue weighted by molar-refractivity contribution is 0.875. The number of hydrogen-bond acceptors (Lipinski definition) is 1. The third-order valence-electron chi connectivity index (χ3n) is 3.42. The van der Waals surface area contributed by atoms with Crippen LogP contribution < -0.4 is 10.7 Å². The topological polar surface area (TPSA) is 22.0 Å². The van der Waals surface area contributed by atoms with Crippen molar-refractivity contribution in [2.24, 2.45) is 7.05 Å². The second-order valence-electron chi connectivity index (χ2n) is 4.87. The van der Waals surface area contributed by atoms with Gasteiger partial charge in [-0.25, -0.2) is 0 Å². The molecule has 0 aliphatic carbocycles. The normalized spacial score (nSPS) is 11.0. The Morgan fingerprint density at radius 1 is 1.00 bits per heavy atom. The molecular weight excluding hydrogens is 250 g/mol. The molecule has 0 amide bonds. The number of aromatic nitrogens is 1. The van der Waals surface area contributed by atoms with Gasteiger partial charge in [0.05, 0.1) is 0 Å². The van der Waals surface area contributed by atoms with E-state index in [1.165, 1.54) is 10.8 Å². The zero-order chi connectivity index (χ0) is 13.4. The molecule has 3 rings (SSSR count). The van der Waals surface area contributed by atoms with E-state index in [-0.39, 0.29) is 5.56 Å². The van der Waals surface area contributed by atoms with E-state index in [1.54, 1.807) is 4.57 Å². The molecule has 0 atom stereocenters. The zero-order valence-electron chi connectivity index (χ0n) is 11.1. The van der Waals surface area contributed by atoms with Gasteiger partial charge < -0.3 is 4.57 Å². The first-order valence-electron chi connectivity index (χ1n) is 6.32. The maximum atomic E-state index is 12.1. The second kappa shape index (κ2) is 4.52. The monoisotopic (exact) mass is 265 g/mol. The third kappa shape index (κ3) is 2.02. The first-order chi connectivity index (χ1) is 9.16. The van der Waals surface area contributed by atoms with Crippen LogP contribution in [0.25, 0.3) is 21.9 Å². The van der Waals surface area contributed by atoms with Gasteiger partial charge in [-0.05, 0) is 17.0 Å². The van der Waals surface area contributed by atoms with Crippen molar-refractivity contribution in [1.29, 1.82) is 0 Å². The number of benzene rings is 2. The molecule has 0 aliphatic rings. The zero-order valence-corrected chi connectivity index (χ0v) is 13.1. The summed E-state index contributed by atoms with van der Waals surface area (Å²) in [7, 11) is 2.84. The van der Waals surface area contributed by atoms with Gasteiger partial charge in [0.2, 0.25) is 0 Å². The number of nitrogens with zero attached hydrogens (tertiary/aromatic N) is 1. The summed E-state index contributed by atoms with van der Waals surface area (Å²) >= 11 is 0. The predicted molar refractivity (Wildman–Crippen MR) is 84.2 cm³/mol. The Balaban J connectivity index is 2.42. The molecule has 0 bridgehead atoms. The molecule has 0 N–H and O–H groups in total. The molecule has 0 saturated carbocycles. The van der Waals surface area contributed by atoms with E-state index in [9.17, 15) is 4.79 Å². The molecule has 0 saturated heterocycles. The quantitative estimate of drug-likeness (QED) is 0.606. The molecule has 2 nitrogen and oxygen atoms in total. The molecule has 0 fully saturated rings. The summed E-state index contributed by atoms with van der Waals surface area (Å²) in [5.74, 6) is 0. The molecule has 0 aliphatic heterocycles. The van der Waals surface area contributed by atoms with Gasteiger partial charge in [-0.2, -0.15) is 0 Å². The minimum Gasteiger partial charge on any atom is -0.317 e. The summed E-state index contributed by atoms with van der Waals surface area (Å²) in [4.78, 5) is 12.1. The van der Waals surface area contributed by atoms with E-state index in [0.717, 1.165) is 26.6 Å². The lowest BCUT2D eigenvalue weighted by atomic mass is 10.0. The van der Waals surface area contributed by atoms with Gasteiger partial charge in [-0.1, -0.05) is 47.7 Å². The fraction of sp³-hybridized carbons (Fsp3) is 0.0625. The molecule has 3 heteroatoms. The van der Waals surface area contributed by atoms with Crippen molar-refractivity contribution in [2.45, 2.75) is 0 Å². The molecule has 0 unspecified atom stereocenters. The minimum absolute atomic E-state index is 0.0568. The van der Waals surface area contributed by atoms with E-state index >= 15 is 0 Å². The van der Waals surface area contributed by atoms with Crippen molar-refractivity contribution in [2.75, 3.05) is 0 Å². The molecule has 3 aromatic rings. The summed E-state index contributed by atoms with van der Waals surface area (Å²) in [6.45, 7) is 0. The highest BCUT2D eigenvalue weighted by Gasteiger charge is 2.08. The number of hydrogen-bond donors (Lipinski definition) is 0. The van der Waals surface area contributed by atoms with Crippen LogP contribution in [0.1, 0.15) is 0 Å². The molecule has 1 heterocycles. The average molecular weight is 265 g/mol. The Morgan fingerprint density at radius 2 is 1.74 bits per heavy atom. The molecule has 19 heavy (non-hydrogen) atoms. The Kier molecular flexibility index (Phi) is 2.84. The summed E-state index contributed by atoms with van der Waals surface area (Å²) in [6.07, 6.45) is 1.93. The highest BCUT2D eigenvalue weighted by molar-refractivity contribution is 6.32. The summed E-state index contributed by atoms with van der Waals surface area (Å²) in [5, 5.41) is 3.16. The SMILES string of the molecule is Cn1cc(-c2cccc([SiH3])c2)c2ccccc2c1=O. The lowest BCUT2D eigenvalue weighted by Crippen LogP contribution is -2.16. The number of rotatable bonds is 1. The van der Waals surface area contributed by atoms with Gasteiger partial charge in [0.25, 0.3) is 5.56 Å². The van der Waals surface area contributed by atoms with Crippen molar-refractivity contribution >= 4 is 26.2 Å².